The third-order valence-corrected chi connectivity index (χ3v) is 4.54. The lowest BCUT2D eigenvalue weighted by atomic mass is 10.1. The van der Waals surface area contributed by atoms with Gasteiger partial charge in [-0.3, -0.25) is 4.90 Å². The molecule has 6 heteroatoms. The number of piperazine rings is 1. The summed E-state index contributed by atoms with van der Waals surface area (Å²) >= 11 is 0. The summed E-state index contributed by atoms with van der Waals surface area (Å²) in [5.41, 5.74) is 1.07. The highest BCUT2D eigenvalue weighted by atomic mass is 16.3. The highest BCUT2D eigenvalue weighted by Gasteiger charge is 2.28. The van der Waals surface area contributed by atoms with Crippen molar-refractivity contribution in [2.75, 3.05) is 31.1 Å². The molecule has 1 atom stereocenters. The Morgan fingerprint density at radius 1 is 1.33 bits per heavy atom. The maximum atomic E-state index is 9.44. The van der Waals surface area contributed by atoms with Gasteiger partial charge in [-0.15, -0.1) is 0 Å². The minimum Gasteiger partial charge on any atom is -0.468 e. The van der Waals surface area contributed by atoms with Gasteiger partial charge in [0.25, 0.3) is 0 Å². The third-order valence-electron chi connectivity index (χ3n) is 4.54. The number of nitrogens with zero attached hydrogens (tertiary/aromatic N) is 4. The second kappa shape index (κ2) is 7.77. The molecule has 0 aliphatic carbocycles. The highest BCUT2D eigenvalue weighted by Crippen LogP contribution is 2.21. The molecule has 1 aliphatic heterocycles. The summed E-state index contributed by atoms with van der Waals surface area (Å²) in [6.45, 7) is 7.84. The van der Waals surface area contributed by atoms with Crippen molar-refractivity contribution in [1.29, 1.82) is 0 Å². The zero-order valence-corrected chi connectivity index (χ0v) is 14.4. The van der Waals surface area contributed by atoms with Crippen molar-refractivity contribution in [3.8, 4) is 0 Å². The topological polar surface area (TPSA) is 65.6 Å². The lowest BCUT2D eigenvalue weighted by Crippen LogP contribution is -2.53. The monoisotopic (exact) mass is 330 g/mol. The number of hydrogen-bond donors (Lipinski definition) is 1. The van der Waals surface area contributed by atoms with Crippen LogP contribution in [0.5, 0.6) is 0 Å². The number of aliphatic hydroxyl groups excluding tert-OH is 1. The van der Waals surface area contributed by atoms with Crippen molar-refractivity contribution in [3.63, 3.8) is 0 Å². The molecule has 0 aromatic carbocycles. The van der Waals surface area contributed by atoms with Crippen molar-refractivity contribution in [2.45, 2.75) is 38.8 Å². The first-order valence-electron chi connectivity index (χ1n) is 8.62. The van der Waals surface area contributed by atoms with Gasteiger partial charge in [-0.1, -0.05) is 13.8 Å². The van der Waals surface area contributed by atoms with Crippen LogP contribution in [0.4, 0.5) is 5.95 Å². The Balaban J connectivity index is 1.71. The van der Waals surface area contributed by atoms with E-state index < -0.39 is 0 Å². The second-order valence-corrected chi connectivity index (χ2v) is 6.60. The number of aromatic nitrogens is 2. The number of hydrogen-bond acceptors (Lipinski definition) is 6. The maximum Gasteiger partial charge on any atom is 0.225 e. The maximum absolute atomic E-state index is 9.44. The van der Waals surface area contributed by atoms with E-state index in [1.165, 1.54) is 0 Å². The van der Waals surface area contributed by atoms with Crippen LogP contribution < -0.4 is 4.90 Å². The van der Waals surface area contributed by atoms with Gasteiger partial charge in [-0.2, -0.15) is 0 Å². The predicted molar refractivity (Wildman–Crippen MR) is 92.9 cm³/mol. The van der Waals surface area contributed by atoms with E-state index in [-0.39, 0.29) is 12.6 Å². The molecule has 2 aromatic heterocycles. The van der Waals surface area contributed by atoms with E-state index in [1.807, 2.05) is 24.4 Å². The van der Waals surface area contributed by atoms with Crippen LogP contribution in [-0.4, -0.2) is 52.3 Å². The number of aliphatic hydroxyl groups is 1. The molecule has 6 nitrogen and oxygen atoms in total. The molecular weight excluding hydrogens is 304 g/mol. The standard InChI is InChI=1S/C18H26N4O2/c1-14(2)17-5-7-19-18(20-17)22-9-8-21(15(12-22)6-10-23)13-16-4-3-11-24-16/h3-5,7,11,14-15,23H,6,8-10,12-13H2,1-2H3/t15-/m0/s1. The summed E-state index contributed by atoms with van der Waals surface area (Å²) in [5.74, 6) is 2.14. The van der Waals surface area contributed by atoms with E-state index in [2.05, 4.69) is 28.6 Å². The average molecular weight is 330 g/mol. The minimum atomic E-state index is 0.181. The van der Waals surface area contributed by atoms with Gasteiger partial charge in [0.05, 0.1) is 12.8 Å². The van der Waals surface area contributed by atoms with Crippen LogP contribution >= 0.6 is 0 Å². The van der Waals surface area contributed by atoms with Crippen molar-refractivity contribution in [3.05, 3.63) is 42.1 Å². The van der Waals surface area contributed by atoms with Crippen molar-refractivity contribution >= 4 is 5.95 Å². The predicted octanol–water partition coefficient (Wildman–Crippen LogP) is 2.27. The molecule has 1 saturated heterocycles. The van der Waals surface area contributed by atoms with E-state index >= 15 is 0 Å². The molecule has 3 heterocycles. The first-order chi connectivity index (χ1) is 11.7. The van der Waals surface area contributed by atoms with Gasteiger partial charge >= 0.3 is 0 Å². The van der Waals surface area contributed by atoms with Crippen LogP contribution in [0.1, 0.15) is 37.6 Å². The lowest BCUT2D eigenvalue weighted by Gasteiger charge is -2.41. The number of rotatable bonds is 6. The van der Waals surface area contributed by atoms with Gasteiger partial charge in [0.2, 0.25) is 5.95 Å². The molecule has 1 N–H and O–H groups in total. The molecule has 0 bridgehead atoms. The Morgan fingerprint density at radius 2 is 2.21 bits per heavy atom. The van der Waals surface area contributed by atoms with Crippen LogP contribution in [0.3, 0.4) is 0 Å². The molecule has 2 aromatic rings. The lowest BCUT2D eigenvalue weighted by molar-refractivity contribution is 0.126. The summed E-state index contributed by atoms with van der Waals surface area (Å²) in [5, 5.41) is 9.44. The van der Waals surface area contributed by atoms with Crippen LogP contribution in [0, 0.1) is 0 Å². The van der Waals surface area contributed by atoms with Gasteiger partial charge in [-0.05, 0) is 30.5 Å². The zero-order chi connectivity index (χ0) is 16.9. The molecule has 0 spiro atoms. The summed E-state index contributed by atoms with van der Waals surface area (Å²) < 4.78 is 5.47. The number of furan rings is 1. The Labute approximate surface area is 143 Å². The molecule has 3 rings (SSSR count). The second-order valence-electron chi connectivity index (χ2n) is 6.60. The summed E-state index contributed by atoms with van der Waals surface area (Å²) in [7, 11) is 0. The molecule has 130 valence electrons. The van der Waals surface area contributed by atoms with Crippen LogP contribution in [-0.2, 0) is 6.54 Å². The van der Waals surface area contributed by atoms with Gasteiger partial charge < -0.3 is 14.4 Å². The Bertz CT molecular complexity index is 630. The molecule has 0 radical (unpaired) electrons. The quantitative estimate of drug-likeness (QED) is 0.876. The van der Waals surface area contributed by atoms with E-state index in [0.717, 1.165) is 50.0 Å². The largest absolute Gasteiger partial charge is 0.468 e. The van der Waals surface area contributed by atoms with Crippen molar-refractivity contribution in [2.24, 2.45) is 0 Å². The highest BCUT2D eigenvalue weighted by molar-refractivity contribution is 5.32. The molecule has 24 heavy (non-hydrogen) atoms. The summed E-state index contributed by atoms with van der Waals surface area (Å²) in [6, 6.07) is 6.15. The van der Waals surface area contributed by atoms with Crippen LogP contribution in [0.15, 0.2) is 35.1 Å². The summed E-state index contributed by atoms with van der Waals surface area (Å²) in [4.78, 5) is 13.8. The van der Waals surface area contributed by atoms with E-state index in [1.54, 1.807) is 6.26 Å². The van der Waals surface area contributed by atoms with E-state index in [9.17, 15) is 5.11 Å². The molecule has 1 fully saturated rings. The van der Waals surface area contributed by atoms with Gasteiger partial charge in [-0.25, -0.2) is 9.97 Å². The normalized spacial score (nSPS) is 19.2. The molecular formula is C18H26N4O2. The first-order valence-corrected chi connectivity index (χ1v) is 8.62. The summed E-state index contributed by atoms with van der Waals surface area (Å²) in [6.07, 6.45) is 4.28. The van der Waals surface area contributed by atoms with Crippen LogP contribution in [0.2, 0.25) is 0 Å². The Kier molecular flexibility index (Phi) is 5.48. The third kappa shape index (κ3) is 3.94. The zero-order valence-electron chi connectivity index (χ0n) is 14.4. The average Bonchev–Trinajstić information content (AvgIpc) is 3.10. The first kappa shape index (κ1) is 16.9. The fraction of sp³-hybridized carbons (Fsp3) is 0.556. The van der Waals surface area contributed by atoms with Crippen molar-refractivity contribution < 1.29 is 9.52 Å². The SMILES string of the molecule is CC(C)c1ccnc(N2CCN(Cc3ccco3)[C@@H](CCO)C2)n1. The molecule has 0 amide bonds. The van der Waals surface area contributed by atoms with E-state index in [0.29, 0.717) is 5.92 Å². The molecule has 1 aliphatic rings. The Hall–Kier alpha value is -1.92. The van der Waals surface area contributed by atoms with Gasteiger partial charge in [0, 0.05) is 44.2 Å². The van der Waals surface area contributed by atoms with Gasteiger partial charge in [0.1, 0.15) is 5.76 Å². The van der Waals surface area contributed by atoms with Crippen LogP contribution in [0.25, 0.3) is 0 Å². The van der Waals surface area contributed by atoms with Gasteiger partial charge in [0.15, 0.2) is 0 Å². The molecule has 0 saturated carbocycles. The van der Waals surface area contributed by atoms with Crippen molar-refractivity contribution in [1.82, 2.24) is 14.9 Å². The van der Waals surface area contributed by atoms with E-state index in [4.69, 9.17) is 9.40 Å². The molecule has 0 unspecified atom stereocenters. The smallest absolute Gasteiger partial charge is 0.225 e. The fourth-order valence-corrected chi connectivity index (χ4v) is 3.14. The Morgan fingerprint density at radius 3 is 2.92 bits per heavy atom. The minimum absolute atomic E-state index is 0.181. The number of anilines is 1. The fourth-order valence-electron chi connectivity index (χ4n) is 3.14.